The van der Waals surface area contributed by atoms with Crippen LogP contribution in [0.25, 0.3) is 43.1 Å². The number of aromatic carboxylic acids is 1. The standard InChI is InChI=1S/C23H12O5/c24-9-11-1-3-13-14-4-2-12(10-25)20-18(26)8-7-16(22(14)20)15-5-6-17(23(27)28)19(11)21(13)15/h1-10,26H,(H,27,28). The van der Waals surface area contributed by atoms with Gasteiger partial charge in [-0.05, 0) is 39.1 Å². The average Bonchev–Trinajstić information content (AvgIpc) is 2.71. The monoisotopic (exact) mass is 368 g/mol. The molecule has 0 aliphatic carbocycles. The van der Waals surface area contributed by atoms with Gasteiger partial charge in [0.25, 0.3) is 0 Å². The topological polar surface area (TPSA) is 91.7 Å². The van der Waals surface area contributed by atoms with E-state index < -0.39 is 5.97 Å². The van der Waals surface area contributed by atoms with E-state index in [9.17, 15) is 24.6 Å². The molecule has 0 radical (unpaired) electrons. The van der Waals surface area contributed by atoms with Crippen LogP contribution in [0.2, 0.25) is 0 Å². The SMILES string of the molecule is O=Cc1ccc2c3ccc(C=O)c4c(C(=O)O)ccc(c5ccc(O)c1c25)c43. The summed E-state index contributed by atoms with van der Waals surface area (Å²) < 4.78 is 0. The van der Waals surface area contributed by atoms with Crippen molar-refractivity contribution in [3.63, 3.8) is 0 Å². The molecule has 0 aromatic heterocycles. The molecule has 5 aromatic rings. The van der Waals surface area contributed by atoms with Crippen molar-refractivity contribution in [2.45, 2.75) is 0 Å². The van der Waals surface area contributed by atoms with Crippen molar-refractivity contribution in [2.24, 2.45) is 0 Å². The van der Waals surface area contributed by atoms with Crippen molar-refractivity contribution >= 4 is 61.6 Å². The highest BCUT2D eigenvalue weighted by Crippen LogP contribution is 2.44. The molecule has 5 heteroatoms. The molecule has 0 aliphatic rings. The third kappa shape index (κ3) is 1.87. The molecular weight excluding hydrogens is 356 g/mol. The highest BCUT2D eigenvalue weighted by atomic mass is 16.4. The second kappa shape index (κ2) is 5.50. The van der Waals surface area contributed by atoms with Gasteiger partial charge in [-0.25, -0.2) is 4.79 Å². The summed E-state index contributed by atoms with van der Waals surface area (Å²) in [6.45, 7) is 0. The van der Waals surface area contributed by atoms with Crippen molar-refractivity contribution in [1.82, 2.24) is 0 Å². The third-order valence-electron chi connectivity index (χ3n) is 5.43. The van der Waals surface area contributed by atoms with Gasteiger partial charge in [0.15, 0.2) is 12.6 Å². The summed E-state index contributed by atoms with van der Waals surface area (Å²) in [6, 6.07) is 13.3. The number of hydrogen-bond acceptors (Lipinski definition) is 4. The minimum absolute atomic E-state index is 0.00839. The lowest BCUT2D eigenvalue weighted by molar-refractivity contribution is 0.0699. The maximum absolute atomic E-state index is 11.8. The van der Waals surface area contributed by atoms with Crippen molar-refractivity contribution in [3.8, 4) is 5.75 Å². The number of hydrogen-bond donors (Lipinski definition) is 2. The Bertz CT molecular complexity index is 1460. The van der Waals surface area contributed by atoms with Crippen LogP contribution in [0.15, 0.2) is 48.5 Å². The number of phenols is 1. The molecule has 0 unspecified atom stereocenters. The van der Waals surface area contributed by atoms with Crippen molar-refractivity contribution < 1.29 is 24.6 Å². The van der Waals surface area contributed by atoms with Gasteiger partial charge in [-0.2, -0.15) is 0 Å². The quantitative estimate of drug-likeness (QED) is 0.272. The molecule has 0 saturated heterocycles. The van der Waals surface area contributed by atoms with E-state index in [0.717, 1.165) is 26.9 Å². The van der Waals surface area contributed by atoms with Gasteiger partial charge < -0.3 is 10.2 Å². The van der Waals surface area contributed by atoms with Crippen molar-refractivity contribution in [1.29, 1.82) is 0 Å². The number of aromatic hydroxyl groups is 1. The molecule has 0 fully saturated rings. The van der Waals surface area contributed by atoms with Crippen LogP contribution in [0.5, 0.6) is 5.75 Å². The number of phenolic OH excluding ortho intramolecular Hbond substituents is 1. The van der Waals surface area contributed by atoms with Crippen molar-refractivity contribution in [3.05, 3.63) is 65.2 Å². The minimum Gasteiger partial charge on any atom is -0.507 e. The summed E-state index contributed by atoms with van der Waals surface area (Å²) in [4.78, 5) is 34.9. The molecule has 0 atom stereocenters. The summed E-state index contributed by atoms with van der Waals surface area (Å²) in [5, 5.41) is 25.4. The van der Waals surface area contributed by atoms with E-state index in [1.165, 1.54) is 12.1 Å². The van der Waals surface area contributed by atoms with Crippen LogP contribution in [0, 0.1) is 0 Å². The number of carbonyl (C=O) groups is 3. The van der Waals surface area contributed by atoms with E-state index in [2.05, 4.69) is 0 Å². The second-order valence-corrected chi connectivity index (χ2v) is 6.74. The van der Waals surface area contributed by atoms with E-state index in [1.54, 1.807) is 36.4 Å². The number of carbonyl (C=O) groups excluding carboxylic acids is 2. The lowest BCUT2D eigenvalue weighted by atomic mass is 9.85. The fourth-order valence-electron chi connectivity index (χ4n) is 4.30. The molecule has 5 rings (SSSR count). The first-order valence-corrected chi connectivity index (χ1v) is 8.59. The molecule has 0 heterocycles. The molecule has 0 spiro atoms. The van der Waals surface area contributed by atoms with E-state index in [-0.39, 0.29) is 11.3 Å². The van der Waals surface area contributed by atoms with Gasteiger partial charge >= 0.3 is 5.97 Å². The number of carboxylic acids is 1. The number of benzene rings is 5. The maximum Gasteiger partial charge on any atom is 0.336 e. The Kier molecular flexibility index (Phi) is 3.18. The lowest BCUT2D eigenvalue weighted by Gasteiger charge is -2.17. The molecule has 5 nitrogen and oxygen atoms in total. The van der Waals surface area contributed by atoms with Gasteiger partial charge in [0.2, 0.25) is 0 Å². The van der Waals surface area contributed by atoms with Gasteiger partial charge in [-0.1, -0.05) is 36.4 Å². The van der Waals surface area contributed by atoms with E-state index >= 15 is 0 Å². The number of aldehydes is 2. The highest BCUT2D eigenvalue weighted by Gasteiger charge is 2.21. The van der Waals surface area contributed by atoms with Crippen LogP contribution in [0.3, 0.4) is 0 Å². The smallest absolute Gasteiger partial charge is 0.336 e. The van der Waals surface area contributed by atoms with E-state index in [0.29, 0.717) is 39.9 Å². The molecule has 5 aromatic carbocycles. The summed E-state index contributed by atoms with van der Waals surface area (Å²) >= 11 is 0. The molecule has 0 aliphatic heterocycles. The van der Waals surface area contributed by atoms with Crippen LogP contribution in [-0.4, -0.2) is 28.8 Å². The van der Waals surface area contributed by atoms with Gasteiger partial charge in [0.1, 0.15) is 5.75 Å². The highest BCUT2D eigenvalue weighted by molar-refractivity contribution is 6.36. The van der Waals surface area contributed by atoms with Gasteiger partial charge in [0.05, 0.1) is 5.56 Å². The lowest BCUT2D eigenvalue weighted by Crippen LogP contribution is -2.01. The van der Waals surface area contributed by atoms with E-state index in [1.807, 2.05) is 0 Å². The minimum atomic E-state index is -1.11. The number of carboxylic acid groups (broad SMARTS) is 1. The fraction of sp³-hybridized carbons (Fsp3) is 0. The zero-order valence-electron chi connectivity index (χ0n) is 14.4. The molecule has 134 valence electrons. The maximum atomic E-state index is 11.8. The molecule has 0 saturated carbocycles. The van der Waals surface area contributed by atoms with Crippen molar-refractivity contribution in [2.75, 3.05) is 0 Å². The Morgan fingerprint density at radius 2 is 1.11 bits per heavy atom. The van der Waals surface area contributed by atoms with Crippen LogP contribution in [0.4, 0.5) is 0 Å². The number of rotatable bonds is 3. The Balaban J connectivity index is 2.20. The molecular formula is C23H12O5. The first-order chi connectivity index (χ1) is 13.6. The zero-order chi connectivity index (χ0) is 19.6. The average molecular weight is 368 g/mol. The molecule has 28 heavy (non-hydrogen) atoms. The van der Waals surface area contributed by atoms with E-state index in [4.69, 9.17) is 0 Å². The Morgan fingerprint density at radius 3 is 1.64 bits per heavy atom. The molecule has 0 bridgehead atoms. The predicted octanol–water partition coefficient (Wildman–Crippen LogP) is 4.77. The Labute approximate surface area is 157 Å². The summed E-state index contributed by atoms with van der Waals surface area (Å²) in [5.74, 6) is -1.10. The normalized spacial score (nSPS) is 11.6. The van der Waals surface area contributed by atoms with Crippen LogP contribution in [0.1, 0.15) is 31.1 Å². The zero-order valence-corrected chi connectivity index (χ0v) is 14.4. The fourth-order valence-corrected chi connectivity index (χ4v) is 4.30. The summed E-state index contributed by atoms with van der Waals surface area (Å²) in [6.07, 6.45) is 1.36. The van der Waals surface area contributed by atoms with Gasteiger partial charge in [-0.15, -0.1) is 0 Å². The molecule has 0 amide bonds. The summed E-state index contributed by atoms with van der Waals surface area (Å²) in [5.41, 5.74) is 0.746. The third-order valence-corrected chi connectivity index (χ3v) is 5.43. The van der Waals surface area contributed by atoms with Gasteiger partial charge in [0, 0.05) is 27.3 Å². The Morgan fingerprint density at radius 1 is 0.643 bits per heavy atom. The first kappa shape index (κ1) is 16.2. The van der Waals surface area contributed by atoms with Crippen LogP contribution in [-0.2, 0) is 0 Å². The van der Waals surface area contributed by atoms with Crippen LogP contribution < -0.4 is 0 Å². The number of fused-ring (bicyclic) bond motifs is 2. The predicted molar refractivity (Wildman–Crippen MR) is 107 cm³/mol. The largest absolute Gasteiger partial charge is 0.507 e. The second-order valence-electron chi connectivity index (χ2n) is 6.74. The first-order valence-electron chi connectivity index (χ1n) is 8.59. The summed E-state index contributed by atoms with van der Waals surface area (Å²) in [7, 11) is 0. The van der Waals surface area contributed by atoms with Crippen LogP contribution >= 0.6 is 0 Å². The van der Waals surface area contributed by atoms with Gasteiger partial charge in [-0.3, -0.25) is 9.59 Å². The molecule has 2 N–H and O–H groups in total. The Hall–Kier alpha value is -3.99.